The number of carbonyl (C=O) groups is 1. The number of hydrogen-bond donors (Lipinski definition) is 0. The molecule has 18 heavy (non-hydrogen) atoms. The van der Waals surface area contributed by atoms with Gasteiger partial charge >= 0.3 is 0 Å². The van der Waals surface area contributed by atoms with E-state index >= 15 is 0 Å². The summed E-state index contributed by atoms with van der Waals surface area (Å²) < 4.78 is 0.878. The molecule has 1 aromatic rings. The Morgan fingerprint density at radius 2 is 2.28 bits per heavy atom. The molecule has 2 rings (SSSR count). The lowest BCUT2D eigenvalue weighted by atomic mass is 9.94. The molecule has 0 saturated heterocycles. The second-order valence-electron chi connectivity index (χ2n) is 4.46. The van der Waals surface area contributed by atoms with Crippen LogP contribution in [0.4, 0.5) is 0 Å². The Bertz CT molecular complexity index is 363. The summed E-state index contributed by atoms with van der Waals surface area (Å²) in [6.07, 6.45) is 6.18. The second-order valence-corrected chi connectivity index (χ2v) is 6.52. The Morgan fingerprint density at radius 3 is 2.89 bits per heavy atom. The summed E-state index contributed by atoms with van der Waals surface area (Å²) in [5, 5.41) is 7.72. The van der Waals surface area contributed by atoms with Crippen LogP contribution in [0.15, 0.2) is 9.85 Å². The smallest absolute Gasteiger partial charge is 0.233 e. The van der Waals surface area contributed by atoms with E-state index in [2.05, 4.69) is 17.1 Å². The van der Waals surface area contributed by atoms with E-state index in [1.807, 2.05) is 4.90 Å². The third-order valence-corrected chi connectivity index (χ3v) is 5.18. The van der Waals surface area contributed by atoms with E-state index < -0.39 is 0 Å². The van der Waals surface area contributed by atoms with Gasteiger partial charge in [0.05, 0.1) is 5.75 Å². The molecule has 0 spiro atoms. The van der Waals surface area contributed by atoms with Crippen LogP contribution in [0.1, 0.15) is 39.0 Å². The Balaban J connectivity index is 1.84. The van der Waals surface area contributed by atoms with Crippen molar-refractivity contribution in [2.75, 3.05) is 12.3 Å². The number of nitrogens with zero attached hydrogens (tertiary/aromatic N) is 3. The molecule has 1 fully saturated rings. The molecule has 0 aromatic carbocycles. The molecule has 6 heteroatoms. The van der Waals surface area contributed by atoms with Crippen molar-refractivity contribution in [3.8, 4) is 0 Å². The highest BCUT2D eigenvalue weighted by molar-refractivity contribution is 8.01. The van der Waals surface area contributed by atoms with Crippen molar-refractivity contribution >= 4 is 29.0 Å². The Hall–Kier alpha value is -0.620. The first-order valence-corrected chi connectivity index (χ1v) is 8.36. The zero-order valence-electron chi connectivity index (χ0n) is 10.7. The normalized spacial score (nSPS) is 16.7. The van der Waals surface area contributed by atoms with E-state index in [1.165, 1.54) is 55.2 Å². The molecule has 0 unspecified atom stereocenters. The SMILES string of the molecule is CCN(C(=O)CSc1nncs1)C1CCCCC1. The first-order chi connectivity index (χ1) is 8.81. The average Bonchev–Trinajstić information content (AvgIpc) is 2.92. The molecule has 1 amide bonds. The molecule has 1 saturated carbocycles. The number of aromatic nitrogens is 2. The summed E-state index contributed by atoms with van der Waals surface area (Å²) in [5.74, 6) is 0.726. The molecule has 4 nitrogen and oxygen atoms in total. The van der Waals surface area contributed by atoms with Gasteiger partial charge in [0.1, 0.15) is 5.51 Å². The summed E-state index contributed by atoms with van der Waals surface area (Å²) in [4.78, 5) is 14.3. The van der Waals surface area contributed by atoms with Gasteiger partial charge < -0.3 is 4.90 Å². The number of amides is 1. The zero-order chi connectivity index (χ0) is 12.8. The van der Waals surface area contributed by atoms with E-state index in [9.17, 15) is 4.79 Å². The maximum Gasteiger partial charge on any atom is 0.233 e. The molecule has 0 N–H and O–H groups in total. The van der Waals surface area contributed by atoms with E-state index in [-0.39, 0.29) is 5.91 Å². The Morgan fingerprint density at radius 1 is 1.50 bits per heavy atom. The van der Waals surface area contributed by atoms with Crippen LogP contribution in [-0.2, 0) is 4.79 Å². The van der Waals surface area contributed by atoms with Crippen molar-refractivity contribution in [1.29, 1.82) is 0 Å². The molecule has 1 aromatic heterocycles. The lowest BCUT2D eigenvalue weighted by Gasteiger charge is -2.33. The molecule has 0 aliphatic heterocycles. The van der Waals surface area contributed by atoms with Crippen LogP contribution in [0.5, 0.6) is 0 Å². The lowest BCUT2D eigenvalue weighted by molar-refractivity contribution is -0.131. The molecule has 0 bridgehead atoms. The molecule has 100 valence electrons. The van der Waals surface area contributed by atoms with Crippen molar-refractivity contribution in [2.45, 2.75) is 49.4 Å². The third-order valence-electron chi connectivity index (χ3n) is 3.34. The van der Waals surface area contributed by atoms with Crippen LogP contribution in [0.25, 0.3) is 0 Å². The van der Waals surface area contributed by atoms with Gasteiger partial charge in [-0.1, -0.05) is 42.4 Å². The minimum atomic E-state index is 0.240. The fourth-order valence-corrected chi connectivity index (χ4v) is 3.84. The quantitative estimate of drug-likeness (QED) is 0.780. The van der Waals surface area contributed by atoms with Crippen molar-refractivity contribution in [2.24, 2.45) is 0 Å². The standard InChI is InChI=1S/C12H19N3OS2/c1-2-15(10-6-4-3-5-7-10)11(16)8-17-12-14-13-9-18-12/h9-10H,2-8H2,1H3. The van der Waals surface area contributed by atoms with Crippen molar-refractivity contribution in [1.82, 2.24) is 15.1 Å². The van der Waals surface area contributed by atoms with Crippen LogP contribution in [0.2, 0.25) is 0 Å². The molecule has 1 aliphatic rings. The van der Waals surface area contributed by atoms with E-state index in [4.69, 9.17) is 0 Å². The molecule has 0 radical (unpaired) electrons. The number of carbonyl (C=O) groups excluding carboxylic acids is 1. The minimum Gasteiger partial charge on any atom is -0.339 e. The maximum absolute atomic E-state index is 12.2. The third kappa shape index (κ3) is 3.68. The van der Waals surface area contributed by atoms with Gasteiger partial charge in [-0.15, -0.1) is 10.2 Å². The van der Waals surface area contributed by atoms with Crippen LogP contribution in [0, 0.1) is 0 Å². The first-order valence-electron chi connectivity index (χ1n) is 6.49. The van der Waals surface area contributed by atoms with E-state index in [1.54, 1.807) is 5.51 Å². The van der Waals surface area contributed by atoms with Gasteiger partial charge in [-0.25, -0.2) is 0 Å². The molecular weight excluding hydrogens is 266 g/mol. The molecular formula is C12H19N3OS2. The molecule has 1 aliphatic carbocycles. The average molecular weight is 285 g/mol. The van der Waals surface area contributed by atoms with Crippen LogP contribution < -0.4 is 0 Å². The van der Waals surface area contributed by atoms with Crippen LogP contribution in [-0.4, -0.2) is 39.3 Å². The first kappa shape index (κ1) is 13.8. The van der Waals surface area contributed by atoms with Crippen molar-refractivity contribution < 1.29 is 4.79 Å². The van der Waals surface area contributed by atoms with E-state index in [0.29, 0.717) is 11.8 Å². The van der Waals surface area contributed by atoms with Crippen LogP contribution >= 0.6 is 23.1 Å². The fourth-order valence-electron chi connectivity index (χ4n) is 2.46. The van der Waals surface area contributed by atoms with Gasteiger partial charge in [0, 0.05) is 12.6 Å². The maximum atomic E-state index is 12.2. The largest absolute Gasteiger partial charge is 0.339 e. The van der Waals surface area contributed by atoms with Crippen LogP contribution in [0.3, 0.4) is 0 Å². The predicted molar refractivity (Wildman–Crippen MR) is 74.9 cm³/mol. The topological polar surface area (TPSA) is 46.1 Å². The predicted octanol–water partition coefficient (Wildman–Crippen LogP) is 2.81. The highest BCUT2D eigenvalue weighted by Gasteiger charge is 2.24. The van der Waals surface area contributed by atoms with Gasteiger partial charge in [0.15, 0.2) is 4.34 Å². The van der Waals surface area contributed by atoms with Crippen molar-refractivity contribution in [3.63, 3.8) is 0 Å². The van der Waals surface area contributed by atoms with Gasteiger partial charge in [-0.2, -0.15) is 0 Å². The van der Waals surface area contributed by atoms with E-state index in [0.717, 1.165) is 10.9 Å². The minimum absolute atomic E-state index is 0.240. The summed E-state index contributed by atoms with van der Waals surface area (Å²) >= 11 is 2.99. The zero-order valence-corrected chi connectivity index (χ0v) is 12.3. The summed E-state index contributed by atoms with van der Waals surface area (Å²) in [6.45, 7) is 2.89. The number of thioether (sulfide) groups is 1. The summed E-state index contributed by atoms with van der Waals surface area (Å²) in [5.41, 5.74) is 1.70. The Kier molecular flexibility index (Phi) is 5.44. The number of rotatable bonds is 5. The molecule has 0 atom stereocenters. The summed E-state index contributed by atoms with van der Waals surface area (Å²) in [7, 11) is 0. The van der Waals surface area contributed by atoms with Gasteiger partial charge in [-0.3, -0.25) is 4.79 Å². The highest BCUT2D eigenvalue weighted by atomic mass is 32.2. The second kappa shape index (κ2) is 7.09. The fraction of sp³-hybridized carbons (Fsp3) is 0.750. The number of hydrogen-bond acceptors (Lipinski definition) is 5. The summed E-state index contributed by atoms with van der Waals surface area (Å²) in [6, 6.07) is 0.464. The molecule has 1 heterocycles. The monoisotopic (exact) mass is 285 g/mol. The Labute approximate surface area is 116 Å². The lowest BCUT2D eigenvalue weighted by Crippen LogP contribution is -2.42. The van der Waals surface area contributed by atoms with Gasteiger partial charge in [0.2, 0.25) is 5.91 Å². The van der Waals surface area contributed by atoms with Crippen molar-refractivity contribution in [3.05, 3.63) is 5.51 Å². The van der Waals surface area contributed by atoms with Gasteiger partial charge in [0.25, 0.3) is 0 Å². The highest BCUT2D eigenvalue weighted by Crippen LogP contribution is 2.24. The van der Waals surface area contributed by atoms with Gasteiger partial charge in [-0.05, 0) is 19.8 Å².